The number of rotatable bonds is 8. The predicted molar refractivity (Wildman–Crippen MR) is 96.1 cm³/mol. The lowest BCUT2D eigenvalue weighted by molar-refractivity contribution is 0.114. The Balaban J connectivity index is 1.47. The summed E-state index contributed by atoms with van der Waals surface area (Å²) in [4.78, 5) is 9.40. The van der Waals surface area contributed by atoms with Gasteiger partial charge in [0.25, 0.3) is 0 Å². The average Bonchev–Trinajstić information content (AvgIpc) is 3.11. The first kappa shape index (κ1) is 18.5. The van der Waals surface area contributed by atoms with Gasteiger partial charge in [-0.15, -0.1) is 0 Å². The van der Waals surface area contributed by atoms with Crippen LogP contribution in [-0.2, 0) is 4.74 Å². The van der Waals surface area contributed by atoms with Crippen LogP contribution in [0.15, 0.2) is 4.99 Å². The molecule has 134 valence electrons. The van der Waals surface area contributed by atoms with E-state index < -0.39 is 0 Å². The second-order valence-corrected chi connectivity index (χ2v) is 6.50. The number of likely N-dealkylation sites (N-methyl/N-ethyl adjacent to an activating group) is 1. The SMILES string of the molecule is CCN1CCN(CCCCNC(=NC)NCC2CCCO2)CC1. The van der Waals surface area contributed by atoms with Crippen LogP contribution in [0.2, 0.25) is 0 Å². The molecule has 0 aromatic rings. The lowest BCUT2D eigenvalue weighted by Crippen LogP contribution is -2.46. The van der Waals surface area contributed by atoms with Crippen molar-refractivity contribution in [3.05, 3.63) is 0 Å². The third kappa shape index (κ3) is 7.06. The molecule has 6 heteroatoms. The lowest BCUT2D eigenvalue weighted by Gasteiger charge is -2.34. The minimum absolute atomic E-state index is 0.357. The molecule has 23 heavy (non-hydrogen) atoms. The second-order valence-electron chi connectivity index (χ2n) is 6.50. The molecule has 1 unspecified atom stereocenters. The molecule has 0 radical (unpaired) electrons. The van der Waals surface area contributed by atoms with Gasteiger partial charge in [-0.25, -0.2) is 0 Å². The molecule has 0 aliphatic carbocycles. The fourth-order valence-corrected chi connectivity index (χ4v) is 3.23. The van der Waals surface area contributed by atoms with Crippen molar-refractivity contribution in [1.82, 2.24) is 20.4 Å². The van der Waals surface area contributed by atoms with Gasteiger partial charge in [0.15, 0.2) is 5.96 Å². The molecule has 0 bridgehead atoms. The number of aliphatic imine (C=N–C) groups is 1. The zero-order valence-corrected chi connectivity index (χ0v) is 15.0. The molecule has 2 N–H and O–H groups in total. The van der Waals surface area contributed by atoms with Gasteiger partial charge in [0, 0.05) is 52.9 Å². The van der Waals surface area contributed by atoms with Gasteiger partial charge >= 0.3 is 0 Å². The van der Waals surface area contributed by atoms with Crippen LogP contribution in [-0.4, -0.2) is 87.9 Å². The van der Waals surface area contributed by atoms with Crippen molar-refractivity contribution < 1.29 is 4.74 Å². The Morgan fingerprint density at radius 2 is 1.91 bits per heavy atom. The standard InChI is InChI=1S/C17H35N5O/c1-3-21-10-12-22(13-11-21)9-5-4-8-19-17(18-2)20-15-16-7-6-14-23-16/h16H,3-15H2,1-2H3,(H2,18,19,20). The Hall–Kier alpha value is -0.850. The molecule has 2 heterocycles. The van der Waals surface area contributed by atoms with E-state index in [1.807, 2.05) is 7.05 Å². The van der Waals surface area contributed by atoms with E-state index in [4.69, 9.17) is 4.74 Å². The Bertz CT molecular complexity index is 336. The molecule has 2 fully saturated rings. The number of ether oxygens (including phenoxy) is 1. The third-order valence-electron chi connectivity index (χ3n) is 4.85. The van der Waals surface area contributed by atoms with Crippen LogP contribution < -0.4 is 10.6 Å². The van der Waals surface area contributed by atoms with E-state index >= 15 is 0 Å². The molecule has 0 saturated carbocycles. The zero-order valence-electron chi connectivity index (χ0n) is 15.0. The highest BCUT2D eigenvalue weighted by Gasteiger charge is 2.16. The van der Waals surface area contributed by atoms with Crippen LogP contribution in [0.4, 0.5) is 0 Å². The maximum atomic E-state index is 5.62. The zero-order chi connectivity index (χ0) is 16.3. The number of unbranched alkanes of at least 4 members (excludes halogenated alkanes) is 1. The fraction of sp³-hybridized carbons (Fsp3) is 0.941. The number of nitrogens with one attached hydrogen (secondary N) is 2. The lowest BCUT2D eigenvalue weighted by atomic mass is 10.2. The van der Waals surface area contributed by atoms with Gasteiger partial charge in [-0.2, -0.15) is 0 Å². The van der Waals surface area contributed by atoms with Gasteiger partial charge < -0.3 is 25.2 Å². The number of piperazine rings is 1. The van der Waals surface area contributed by atoms with Gasteiger partial charge in [-0.1, -0.05) is 6.92 Å². The van der Waals surface area contributed by atoms with E-state index in [1.165, 1.54) is 58.5 Å². The number of hydrogen-bond acceptors (Lipinski definition) is 4. The van der Waals surface area contributed by atoms with Crippen molar-refractivity contribution in [2.45, 2.75) is 38.7 Å². The normalized spacial score (nSPS) is 24.1. The molecule has 0 aromatic carbocycles. The van der Waals surface area contributed by atoms with Crippen LogP contribution in [0, 0.1) is 0 Å². The van der Waals surface area contributed by atoms with E-state index in [2.05, 4.69) is 32.3 Å². The predicted octanol–water partition coefficient (Wildman–Crippen LogP) is 0.748. The van der Waals surface area contributed by atoms with Crippen LogP contribution in [0.5, 0.6) is 0 Å². The molecule has 0 amide bonds. The number of hydrogen-bond donors (Lipinski definition) is 2. The van der Waals surface area contributed by atoms with Crippen molar-refractivity contribution >= 4 is 5.96 Å². The van der Waals surface area contributed by atoms with E-state index in [9.17, 15) is 0 Å². The molecule has 0 aromatic heterocycles. The van der Waals surface area contributed by atoms with Crippen molar-refractivity contribution in [2.75, 3.05) is 66.0 Å². The van der Waals surface area contributed by atoms with E-state index in [0.29, 0.717) is 6.10 Å². The summed E-state index contributed by atoms with van der Waals surface area (Å²) in [5.74, 6) is 0.900. The smallest absolute Gasteiger partial charge is 0.191 e. The highest BCUT2D eigenvalue weighted by molar-refractivity contribution is 5.79. The van der Waals surface area contributed by atoms with Crippen molar-refractivity contribution in [3.63, 3.8) is 0 Å². The number of nitrogens with zero attached hydrogens (tertiary/aromatic N) is 3. The summed E-state index contributed by atoms with van der Waals surface area (Å²) in [5, 5.41) is 6.76. The van der Waals surface area contributed by atoms with Crippen molar-refractivity contribution in [3.8, 4) is 0 Å². The molecule has 2 saturated heterocycles. The minimum atomic E-state index is 0.357. The van der Waals surface area contributed by atoms with Crippen LogP contribution in [0.1, 0.15) is 32.6 Å². The number of guanidine groups is 1. The Morgan fingerprint density at radius 3 is 2.57 bits per heavy atom. The van der Waals surface area contributed by atoms with Gasteiger partial charge in [0.2, 0.25) is 0 Å². The Kier molecular flexibility index (Phi) is 8.71. The van der Waals surface area contributed by atoms with Crippen LogP contribution in [0.3, 0.4) is 0 Å². The summed E-state index contributed by atoms with van der Waals surface area (Å²) in [5.41, 5.74) is 0. The second kappa shape index (κ2) is 10.8. The van der Waals surface area contributed by atoms with Gasteiger partial charge in [0.05, 0.1) is 6.10 Å². The van der Waals surface area contributed by atoms with Gasteiger partial charge in [-0.3, -0.25) is 4.99 Å². The molecule has 6 nitrogen and oxygen atoms in total. The molecular weight excluding hydrogens is 290 g/mol. The first-order valence-electron chi connectivity index (χ1n) is 9.32. The average molecular weight is 326 g/mol. The molecule has 2 aliphatic rings. The Labute approximate surface area is 141 Å². The Morgan fingerprint density at radius 1 is 1.13 bits per heavy atom. The largest absolute Gasteiger partial charge is 0.376 e. The van der Waals surface area contributed by atoms with Crippen molar-refractivity contribution in [2.24, 2.45) is 4.99 Å². The van der Waals surface area contributed by atoms with Crippen LogP contribution >= 0.6 is 0 Å². The first-order chi connectivity index (χ1) is 11.3. The summed E-state index contributed by atoms with van der Waals surface area (Å²) in [6.07, 6.45) is 5.15. The minimum Gasteiger partial charge on any atom is -0.376 e. The van der Waals surface area contributed by atoms with Crippen molar-refractivity contribution in [1.29, 1.82) is 0 Å². The van der Waals surface area contributed by atoms with E-state index in [0.717, 1.165) is 32.1 Å². The quantitative estimate of drug-likeness (QED) is 0.392. The summed E-state index contributed by atoms with van der Waals surface area (Å²) in [6, 6.07) is 0. The summed E-state index contributed by atoms with van der Waals surface area (Å²) >= 11 is 0. The fourth-order valence-electron chi connectivity index (χ4n) is 3.23. The summed E-state index contributed by atoms with van der Waals surface area (Å²) < 4.78 is 5.62. The molecule has 0 spiro atoms. The maximum Gasteiger partial charge on any atom is 0.191 e. The highest BCUT2D eigenvalue weighted by Crippen LogP contribution is 2.10. The summed E-state index contributed by atoms with van der Waals surface area (Å²) in [6.45, 7) is 12.3. The van der Waals surface area contributed by atoms with Crippen LogP contribution in [0.25, 0.3) is 0 Å². The molecule has 1 atom stereocenters. The molecular formula is C17H35N5O. The maximum absolute atomic E-state index is 5.62. The monoisotopic (exact) mass is 325 g/mol. The van der Waals surface area contributed by atoms with Gasteiger partial charge in [0.1, 0.15) is 0 Å². The highest BCUT2D eigenvalue weighted by atomic mass is 16.5. The van der Waals surface area contributed by atoms with Gasteiger partial charge in [-0.05, 0) is 38.8 Å². The van der Waals surface area contributed by atoms with E-state index in [1.54, 1.807) is 0 Å². The van der Waals surface area contributed by atoms with E-state index in [-0.39, 0.29) is 0 Å². The molecule has 2 rings (SSSR count). The summed E-state index contributed by atoms with van der Waals surface area (Å²) in [7, 11) is 1.83. The third-order valence-corrected chi connectivity index (χ3v) is 4.85. The molecule has 2 aliphatic heterocycles. The topological polar surface area (TPSA) is 52.1 Å². The first-order valence-corrected chi connectivity index (χ1v) is 9.32.